The van der Waals surface area contributed by atoms with E-state index in [0.29, 0.717) is 11.5 Å². The van der Waals surface area contributed by atoms with Crippen LogP contribution in [0.5, 0.6) is 0 Å². The van der Waals surface area contributed by atoms with Crippen LogP contribution in [0.15, 0.2) is 16.5 Å². The standard InChI is InChI=1S/C14H19N3O2/c18-10-11-7-8-12(19-11)14-16-15-13-6-4-2-1-3-5-9-17(13)14/h7-8,18H,1-6,9-10H2. The quantitative estimate of drug-likeness (QED) is 0.902. The fourth-order valence-corrected chi connectivity index (χ4v) is 2.60. The topological polar surface area (TPSA) is 64.1 Å². The third-order valence-electron chi connectivity index (χ3n) is 3.65. The molecule has 5 heteroatoms. The minimum absolute atomic E-state index is 0.0823. The second kappa shape index (κ2) is 5.57. The zero-order chi connectivity index (χ0) is 13.1. The number of rotatable bonds is 2. The molecule has 0 fully saturated rings. The van der Waals surface area contributed by atoms with Gasteiger partial charge in [0.25, 0.3) is 0 Å². The summed E-state index contributed by atoms with van der Waals surface area (Å²) in [4.78, 5) is 0. The van der Waals surface area contributed by atoms with Crippen molar-refractivity contribution >= 4 is 0 Å². The molecule has 1 aliphatic heterocycles. The molecule has 3 heterocycles. The second-order valence-corrected chi connectivity index (χ2v) is 5.03. The highest BCUT2D eigenvalue weighted by Crippen LogP contribution is 2.24. The van der Waals surface area contributed by atoms with Gasteiger partial charge in [0.2, 0.25) is 0 Å². The second-order valence-electron chi connectivity index (χ2n) is 5.03. The molecular formula is C14H19N3O2. The van der Waals surface area contributed by atoms with Gasteiger partial charge in [0.05, 0.1) is 0 Å². The summed E-state index contributed by atoms with van der Waals surface area (Å²) in [5.41, 5.74) is 0. The van der Waals surface area contributed by atoms with Crippen LogP contribution in [0, 0.1) is 0 Å². The van der Waals surface area contributed by atoms with Crippen LogP contribution in [0.4, 0.5) is 0 Å². The molecule has 102 valence electrons. The van der Waals surface area contributed by atoms with Crippen molar-refractivity contribution in [1.82, 2.24) is 14.8 Å². The van der Waals surface area contributed by atoms with Crippen LogP contribution in [0.25, 0.3) is 11.6 Å². The highest BCUT2D eigenvalue weighted by molar-refractivity contribution is 5.47. The van der Waals surface area contributed by atoms with Crippen molar-refractivity contribution in [3.8, 4) is 11.6 Å². The molecule has 1 N–H and O–H groups in total. The average Bonchev–Trinajstić information content (AvgIpc) is 3.05. The van der Waals surface area contributed by atoms with Crippen LogP contribution in [0.3, 0.4) is 0 Å². The normalized spacial score (nSPS) is 16.5. The van der Waals surface area contributed by atoms with Crippen molar-refractivity contribution in [3.05, 3.63) is 23.7 Å². The maximum absolute atomic E-state index is 9.07. The number of fused-ring (bicyclic) bond motifs is 1. The molecule has 0 saturated carbocycles. The van der Waals surface area contributed by atoms with E-state index in [0.717, 1.165) is 31.0 Å². The Balaban J connectivity index is 1.93. The SMILES string of the molecule is OCc1ccc(-c2nnc3n2CCCCCCC3)o1. The molecule has 0 unspecified atom stereocenters. The Morgan fingerprint density at radius 2 is 1.95 bits per heavy atom. The van der Waals surface area contributed by atoms with Gasteiger partial charge in [-0.05, 0) is 25.0 Å². The molecule has 0 bridgehead atoms. The molecule has 3 rings (SSSR count). The summed E-state index contributed by atoms with van der Waals surface area (Å²) >= 11 is 0. The van der Waals surface area contributed by atoms with Gasteiger partial charge in [0, 0.05) is 13.0 Å². The van der Waals surface area contributed by atoms with E-state index in [1.807, 2.05) is 6.07 Å². The molecule has 2 aromatic rings. The summed E-state index contributed by atoms with van der Waals surface area (Å²) in [6, 6.07) is 3.64. The summed E-state index contributed by atoms with van der Waals surface area (Å²) in [6.45, 7) is 0.869. The first kappa shape index (κ1) is 12.4. The molecule has 0 amide bonds. The van der Waals surface area contributed by atoms with Gasteiger partial charge in [-0.3, -0.25) is 0 Å². The van der Waals surface area contributed by atoms with E-state index in [2.05, 4.69) is 14.8 Å². The highest BCUT2D eigenvalue weighted by Gasteiger charge is 2.17. The van der Waals surface area contributed by atoms with E-state index in [-0.39, 0.29) is 6.61 Å². The van der Waals surface area contributed by atoms with Crippen molar-refractivity contribution < 1.29 is 9.52 Å². The van der Waals surface area contributed by atoms with Gasteiger partial charge in [-0.25, -0.2) is 0 Å². The number of hydrogen-bond acceptors (Lipinski definition) is 4. The number of aromatic nitrogens is 3. The maximum atomic E-state index is 9.07. The fraction of sp³-hybridized carbons (Fsp3) is 0.571. The lowest BCUT2D eigenvalue weighted by Crippen LogP contribution is -2.05. The Morgan fingerprint density at radius 3 is 2.79 bits per heavy atom. The Morgan fingerprint density at radius 1 is 1.11 bits per heavy atom. The predicted molar refractivity (Wildman–Crippen MR) is 70.4 cm³/mol. The first-order valence-corrected chi connectivity index (χ1v) is 7.00. The number of aryl methyl sites for hydroxylation is 1. The van der Waals surface area contributed by atoms with E-state index < -0.39 is 0 Å². The number of hydrogen-bond donors (Lipinski definition) is 1. The molecule has 2 aromatic heterocycles. The third kappa shape index (κ3) is 2.56. The van der Waals surface area contributed by atoms with Gasteiger partial charge in [0.15, 0.2) is 11.6 Å². The summed E-state index contributed by atoms with van der Waals surface area (Å²) in [6.07, 6.45) is 7.17. The monoisotopic (exact) mass is 261 g/mol. The Labute approximate surface area is 112 Å². The van der Waals surface area contributed by atoms with Crippen LogP contribution < -0.4 is 0 Å². The van der Waals surface area contributed by atoms with Crippen molar-refractivity contribution in [1.29, 1.82) is 0 Å². The zero-order valence-electron chi connectivity index (χ0n) is 11.0. The molecule has 0 radical (unpaired) electrons. The van der Waals surface area contributed by atoms with E-state index in [9.17, 15) is 0 Å². The number of aliphatic hydroxyl groups is 1. The summed E-state index contributed by atoms with van der Waals surface area (Å²) in [7, 11) is 0. The van der Waals surface area contributed by atoms with E-state index in [4.69, 9.17) is 9.52 Å². The van der Waals surface area contributed by atoms with Crippen molar-refractivity contribution in [2.75, 3.05) is 0 Å². The summed E-state index contributed by atoms with van der Waals surface area (Å²) < 4.78 is 7.75. The van der Waals surface area contributed by atoms with Gasteiger partial charge in [-0.2, -0.15) is 0 Å². The smallest absolute Gasteiger partial charge is 0.199 e. The molecule has 19 heavy (non-hydrogen) atoms. The van der Waals surface area contributed by atoms with E-state index >= 15 is 0 Å². The van der Waals surface area contributed by atoms with Crippen LogP contribution in [-0.2, 0) is 19.6 Å². The minimum Gasteiger partial charge on any atom is -0.455 e. The Bertz CT molecular complexity index is 545. The lowest BCUT2D eigenvalue weighted by atomic mass is 10.1. The molecule has 0 atom stereocenters. The molecule has 0 aliphatic carbocycles. The van der Waals surface area contributed by atoms with Gasteiger partial charge in [0.1, 0.15) is 18.2 Å². The zero-order valence-corrected chi connectivity index (χ0v) is 11.0. The molecular weight excluding hydrogens is 242 g/mol. The fourth-order valence-electron chi connectivity index (χ4n) is 2.60. The van der Waals surface area contributed by atoms with Crippen LogP contribution in [0.2, 0.25) is 0 Å². The summed E-state index contributed by atoms with van der Waals surface area (Å²) in [5, 5.41) is 17.6. The van der Waals surface area contributed by atoms with Gasteiger partial charge in [-0.15, -0.1) is 10.2 Å². The number of nitrogens with zero attached hydrogens (tertiary/aromatic N) is 3. The van der Waals surface area contributed by atoms with Crippen LogP contribution >= 0.6 is 0 Å². The maximum Gasteiger partial charge on any atom is 0.199 e. The molecule has 0 aromatic carbocycles. The molecule has 5 nitrogen and oxygen atoms in total. The third-order valence-corrected chi connectivity index (χ3v) is 3.65. The molecule has 0 spiro atoms. The Kier molecular flexibility index (Phi) is 3.64. The Hall–Kier alpha value is -1.62. The number of aliphatic hydroxyl groups excluding tert-OH is 1. The molecule has 0 saturated heterocycles. The highest BCUT2D eigenvalue weighted by atomic mass is 16.4. The van der Waals surface area contributed by atoms with Crippen molar-refractivity contribution in [2.45, 2.75) is 51.7 Å². The first-order chi connectivity index (χ1) is 9.38. The van der Waals surface area contributed by atoms with E-state index in [1.54, 1.807) is 6.07 Å². The van der Waals surface area contributed by atoms with Gasteiger partial charge < -0.3 is 14.1 Å². The minimum atomic E-state index is -0.0823. The van der Waals surface area contributed by atoms with Gasteiger partial charge >= 0.3 is 0 Å². The summed E-state index contributed by atoms with van der Waals surface area (Å²) in [5.74, 6) is 3.10. The predicted octanol–water partition coefficient (Wildman–Crippen LogP) is 2.54. The van der Waals surface area contributed by atoms with Crippen molar-refractivity contribution in [3.63, 3.8) is 0 Å². The molecule has 1 aliphatic rings. The van der Waals surface area contributed by atoms with Crippen molar-refractivity contribution in [2.24, 2.45) is 0 Å². The number of furan rings is 1. The largest absolute Gasteiger partial charge is 0.455 e. The van der Waals surface area contributed by atoms with Gasteiger partial charge in [-0.1, -0.05) is 19.3 Å². The average molecular weight is 261 g/mol. The van der Waals surface area contributed by atoms with E-state index in [1.165, 1.54) is 25.7 Å². The van der Waals surface area contributed by atoms with Crippen LogP contribution in [-0.4, -0.2) is 19.9 Å². The lowest BCUT2D eigenvalue weighted by Gasteiger charge is -2.07. The first-order valence-electron chi connectivity index (χ1n) is 7.00. The lowest BCUT2D eigenvalue weighted by molar-refractivity contribution is 0.248. The van der Waals surface area contributed by atoms with Crippen LogP contribution in [0.1, 0.15) is 43.7 Å².